The van der Waals surface area contributed by atoms with E-state index in [1.54, 1.807) is 19.1 Å². The van der Waals surface area contributed by atoms with E-state index < -0.39 is 11.6 Å². The summed E-state index contributed by atoms with van der Waals surface area (Å²) in [7, 11) is 0. The van der Waals surface area contributed by atoms with Crippen molar-refractivity contribution in [3.63, 3.8) is 0 Å². The van der Waals surface area contributed by atoms with Crippen molar-refractivity contribution in [3.8, 4) is 17.2 Å². The largest absolute Gasteiger partial charge is 0.503 e. The highest BCUT2D eigenvalue weighted by atomic mass is 16.6. The Morgan fingerprint density at radius 3 is 2.73 bits per heavy atom. The Bertz CT molecular complexity index is 732. The summed E-state index contributed by atoms with van der Waals surface area (Å²) in [4.78, 5) is 22.4. The van der Waals surface area contributed by atoms with Gasteiger partial charge in [0.05, 0.1) is 6.61 Å². The molecule has 0 unspecified atom stereocenters. The van der Waals surface area contributed by atoms with Gasteiger partial charge in [0.1, 0.15) is 29.9 Å². The third-order valence-corrected chi connectivity index (χ3v) is 2.76. The van der Waals surface area contributed by atoms with Crippen LogP contribution < -0.4 is 15.1 Å². The summed E-state index contributed by atoms with van der Waals surface area (Å²) in [5.41, 5.74) is -0.583. The molecule has 0 aliphatic heterocycles. The van der Waals surface area contributed by atoms with Crippen molar-refractivity contribution in [3.05, 3.63) is 28.6 Å². The van der Waals surface area contributed by atoms with Gasteiger partial charge in [0.25, 0.3) is 0 Å². The van der Waals surface area contributed by atoms with Crippen molar-refractivity contribution in [1.82, 2.24) is 0 Å². The normalized spacial score (nSPS) is 10.5. The fourth-order valence-electron chi connectivity index (χ4n) is 1.91. The molecule has 0 spiro atoms. The Balaban J connectivity index is 2.36. The average Bonchev–Trinajstić information content (AvgIpc) is 2.47. The fraction of sp³-hybridized carbons (Fsp3) is 0.333. The fourth-order valence-corrected chi connectivity index (χ4v) is 1.91. The summed E-state index contributed by atoms with van der Waals surface area (Å²) < 4.78 is 20.4. The molecule has 0 aliphatic carbocycles. The van der Waals surface area contributed by atoms with Crippen molar-refractivity contribution in [2.45, 2.75) is 13.8 Å². The van der Waals surface area contributed by atoms with Crippen LogP contribution in [0.15, 0.2) is 27.4 Å². The Hall–Kier alpha value is -2.70. The third-order valence-electron chi connectivity index (χ3n) is 2.76. The number of benzene rings is 1. The van der Waals surface area contributed by atoms with E-state index in [0.717, 1.165) is 0 Å². The second kappa shape index (κ2) is 6.84. The van der Waals surface area contributed by atoms with E-state index in [1.165, 1.54) is 13.0 Å². The van der Waals surface area contributed by atoms with E-state index in [0.29, 0.717) is 5.75 Å². The van der Waals surface area contributed by atoms with Gasteiger partial charge in [-0.2, -0.15) is 0 Å². The molecule has 7 nitrogen and oxygen atoms in total. The van der Waals surface area contributed by atoms with Crippen LogP contribution in [0.2, 0.25) is 0 Å². The highest BCUT2D eigenvalue weighted by molar-refractivity contribution is 5.91. The lowest BCUT2D eigenvalue weighted by molar-refractivity contribution is -0.141. The molecule has 0 atom stereocenters. The highest BCUT2D eigenvalue weighted by Crippen LogP contribution is 2.37. The predicted molar refractivity (Wildman–Crippen MR) is 77.4 cm³/mol. The maximum absolute atomic E-state index is 11.7. The molecule has 0 saturated heterocycles. The van der Waals surface area contributed by atoms with E-state index in [4.69, 9.17) is 18.6 Å². The van der Waals surface area contributed by atoms with Gasteiger partial charge < -0.3 is 23.7 Å². The lowest BCUT2D eigenvalue weighted by Gasteiger charge is -2.11. The third kappa shape index (κ3) is 3.30. The number of carbonyl (C=O) groups excluding carboxylic acids is 1. The van der Waals surface area contributed by atoms with Crippen LogP contribution in [0.1, 0.15) is 13.8 Å². The van der Waals surface area contributed by atoms with Gasteiger partial charge in [0.15, 0.2) is 5.75 Å². The molecule has 1 aromatic carbocycles. The minimum Gasteiger partial charge on any atom is -0.503 e. The van der Waals surface area contributed by atoms with Crippen LogP contribution in [0.25, 0.3) is 11.0 Å². The monoisotopic (exact) mass is 308 g/mol. The molecule has 7 heteroatoms. The highest BCUT2D eigenvalue weighted by Gasteiger charge is 2.18. The summed E-state index contributed by atoms with van der Waals surface area (Å²) in [6, 6.07) is 4.75. The number of hydrogen-bond donors (Lipinski definition) is 1. The number of rotatable bonds is 6. The second-order valence-electron chi connectivity index (χ2n) is 4.32. The minimum absolute atomic E-state index is 0.0710. The Morgan fingerprint density at radius 1 is 1.27 bits per heavy atom. The molecule has 0 aliphatic rings. The zero-order chi connectivity index (χ0) is 16.1. The summed E-state index contributed by atoms with van der Waals surface area (Å²) in [6.45, 7) is 3.36. The number of fused-ring (bicyclic) bond motifs is 1. The maximum Gasteiger partial charge on any atom is 0.383 e. The second-order valence-corrected chi connectivity index (χ2v) is 4.32. The van der Waals surface area contributed by atoms with E-state index in [2.05, 4.69) is 0 Å². The number of esters is 1. The van der Waals surface area contributed by atoms with Gasteiger partial charge in [-0.25, -0.2) is 4.79 Å². The topological polar surface area (TPSA) is 95.2 Å². The van der Waals surface area contributed by atoms with Crippen molar-refractivity contribution in [2.24, 2.45) is 0 Å². The van der Waals surface area contributed by atoms with E-state index in [1.807, 2.05) is 0 Å². The molecule has 1 N–H and O–H groups in total. The van der Waals surface area contributed by atoms with Crippen LogP contribution in [-0.2, 0) is 9.53 Å². The van der Waals surface area contributed by atoms with Gasteiger partial charge >= 0.3 is 11.6 Å². The number of aromatic hydroxyl groups is 1. The molecule has 22 heavy (non-hydrogen) atoms. The van der Waals surface area contributed by atoms with Crippen molar-refractivity contribution in [1.29, 1.82) is 0 Å². The lowest BCUT2D eigenvalue weighted by Crippen LogP contribution is -2.10. The maximum atomic E-state index is 11.7. The Morgan fingerprint density at radius 2 is 2.05 bits per heavy atom. The molecule has 0 fully saturated rings. The smallest absolute Gasteiger partial charge is 0.383 e. The quantitative estimate of drug-likeness (QED) is 0.494. The van der Waals surface area contributed by atoms with E-state index >= 15 is 0 Å². The zero-order valence-electron chi connectivity index (χ0n) is 12.3. The molecule has 118 valence electrons. The SMILES string of the molecule is CCOc1c(O)c2c(OCCOC(C)=O)cccc2oc1=O. The minimum atomic E-state index is -0.760. The van der Waals surface area contributed by atoms with Crippen LogP contribution >= 0.6 is 0 Å². The van der Waals surface area contributed by atoms with Crippen LogP contribution in [-0.4, -0.2) is 30.9 Å². The van der Waals surface area contributed by atoms with Crippen LogP contribution in [0.5, 0.6) is 17.2 Å². The summed E-state index contributed by atoms with van der Waals surface area (Å²) in [5, 5.41) is 10.5. The molecule has 0 radical (unpaired) electrons. The van der Waals surface area contributed by atoms with Gasteiger partial charge in [-0.05, 0) is 19.1 Å². The summed E-state index contributed by atoms with van der Waals surface area (Å²) in [6.07, 6.45) is 0. The van der Waals surface area contributed by atoms with Crippen molar-refractivity contribution < 1.29 is 28.5 Å². The molecule has 0 bridgehead atoms. The van der Waals surface area contributed by atoms with Gasteiger partial charge in [0.2, 0.25) is 5.75 Å². The molecule has 0 amide bonds. The Kier molecular flexibility index (Phi) is 4.88. The molecular formula is C15H16O7. The van der Waals surface area contributed by atoms with E-state index in [9.17, 15) is 14.7 Å². The van der Waals surface area contributed by atoms with Gasteiger partial charge in [-0.15, -0.1) is 0 Å². The van der Waals surface area contributed by atoms with Gasteiger partial charge in [-0.1, -0.05) is 6.07 Å². The molecule has 0 saturated carbocycles. The van der Waals surface area contributed by atoms with Crippen molar-refractivity contribution in [2.75, 3.05) is 19.8 Å². The zero-order valence-corrected chi connectivity index (χ0v) is 12.3. The van der Waals surface area contributed by atoms with Crippen molar-refractivity contribution >= 4 is 16.9 Å². The number of hydrogen-bond acceptors (Lipinski definition) is 7. The predicted octanol–water partition coefficient (Wildman–Crippen LogP) is 1.84. The Labute approximate surface area is 126 Å². The van der Waals surface area contributed by atoms with E-state index in [-0.39, 0.29) is 42.3 Å². The van der Waals surface area contributed by atoms with Gasteiger partial charge in [-0.3, -0.25) is 4.79 Å². The first-order valence-corrected chi connectivity index (χ1v) is 6.72. The first-order valence-electron chi connectivity index (χ1n) is 6.72. The van der Waals surface area contributed by atoms with Crippen LogP contribution in [0.4, 0.5) is 0 Å². The molecule has 2 rings (SSSR count). The standard InChI is InChI=1S/C15H16O7/c1-3-19-14-13(17)12-10(21-8-7-20-9(2)16)5-4-6-11(12)22-15(14)18/h4-6,17H,3,7-8H2,1-2H3. The first-order chi connectivity index (χ1) is 10.5. The molecular weight excluding hydrogens is 292 g/mol. The summed E-state index contributed by atoms with van der Waals surface area (Å²) in [5.74, 6) is -0.705. The summed E-state index contributed by atoms with van der Waals surface area (Å²) >= 11 is 0. The number of carbonyl (C=O) groups is 1. The molecule has 1 aromatic heterocycles. The average molecular weight is 308 g/mol. The number of ether oxygens (including phenoxy) is 3. The first kappa shape index (κ1) is 15.7. The van der Waals surface area contributed by atoms with Crippen LogP contribution in [0.3, 0.4) is 0 Å². The van der Waals surface area contributed by atoms with Crippen LogP contribution in [0, 0.1) is 0 Å². The molecule has 1 heterocycles. The molecule has 2 aromatic rings. The lowest BCUT2D eigenvalue weighted by atomic mass is 10.2. The van der Waals surface area contributed by atoms with Gasteiger partial charge in [0, 0.05) is 6.92 Å².